The molecule has 216 valence electrons. The van der Waals surface area contributed by atoms with Gasteiger partial charge in [-0.25, -0.2) is 14.3 Å². The fourth-order valence-corrected chi connectivity index (χ4v) is 4.97. The molecule has 42 heavy (non-hydrogen) atoms. The van der Waals surface area contributed by atoms with Crippen LogP contribution in [0.3, 0.4) is 0 Å². The number of nitrogens with one attached hydrogen (secondary N) is 2. The Labute approximate surface area is 244 Å². The Hall–Kier alpha value is -4.53. The van der Waals surface area contributed by atoms with Crippen LogP contribution < -0.4 is 26.1 Å². The predicted molar refractivity (Wildman–Crippen MR) is 165 cm³/mol. The summed E-state index contributed by atoms with van der Waals surface area (Å²) in [6.07, 6.45) is 1.61. The molecular weight excluding hydrogens is 553 g/mol. The van der Waals surface area contributed by atoms with Gasteiger partial charge in [0.15, 0.2) is 5.82 Å². The first-order chi connectivity index (χ1) is 20.4. The second kappa shape index (κ2) is 13.0. The van der Waals surface area contributed by atoms with Gasteiger partial charge in [-0.2, -0.15) is 0 Å². The van der Waals surface area contributed by atoms with Crippen LogP contribution in [0.25, 0.3) is 28.2 Å². The zero-order valence-electron chi connectivity index (χ0n) is 23.6. The van der Waals surface area contributed by atoms with Crippen LogP contribution in [0.15, 0.2) is 86.9 Å². The van der Waals surface area contributed by atoms with Gasteiger partial charge in [-0.3, -0.25) is 19.6 Å². The number of hydrogen-bond acceptors (Lipinski definition) is 8. The lowest BCUT2D eigenvalue weighted by Crippen LogP contribution is -2.28. The van der Waals surface area contributed by atoms with Gasteiger partial charge in [0.05, 0.1) is 18.5 Å². The zero-order chi connectivity index (χ0) is 29.6. The molecule has 0 fully saturated rings. The second-order valence-corrected chi connectivity index (χ2v) is 10.2. The molecule has 0 saturated carbocycles. The molecule has 2 atom stereocenters. The average Bonchev–Trinajstić information content (AvgIpc) is 3.45. The lowest BCUT2D eigenvalue weighted by Gasteiger charge is -2.17. The Bertz CT molecular complexity index is 1780. The highest BCUT2D eigenvalue weighted by Crippen LogP contribution is 2.30. The van der Waals surface area contributed by atoms with Crippen molar-refractivity contribution < 1.29 is 14.0 Å². The number of aromatic amines is 1. The van der Waals surface area contributed by atoms with Crippen LogP contribution in [0, 0.1) is 0 Å². The average molecular weight is 586 g/mol. The molecule has 11 heteroatoms. The number of methoxy groups -OCH3 is 1. The van der Waals surface area contributed by atoms with Gasteiger partial charge in [-0.05, 0) is 67.5 Å². The first kappa shape index (κ1) is 29.0. The van der Waals surface area contributed by atoms with Crippen molar-refractivity contribution >= 4 is 9.24 Å². The molecule has 0 aliphatic rings. The first-order valence-corrected chi connectivity index (χ1v) is 14.3. The molecule has 10 nitrogen and oxygen atoms in total. The van der Waals surface area contributed by atoms with Crippen molar-refractivity contribution in [2.24, 2.45) is 0 Å². The number of aromatic nitrogens is 4. The minimum absolute atomic E-state index is 0.154. The zero-order valence-corrected chi connectivity index (χ0v) is 24.7. The van der Waals surface area contributed by atoms with Crippen LogP contribution in [0.2, 0.25) is 0 Å². The van der Waals surface area contributed by atoms with Crippen molar-refractivity contribution in [1.29, 1.82) is 0 Å². The Balaban J connectivity index is 1.49. The van der Waals surface area contributed by atoms with E-state index in [1.807, 2.05) is 86.8 Å². The number of ether oxygens (including phenoxy) is 2. The van der Waals surface area contributed by atoms with E-state index in [-0.39, 0.29) is 17.8 Å². The van der Waals surface area contributed by atoms with Crippen molar-refractivity contribution in [3.63, 3.8) is 0 Å². The molecule has 5 rings (SSSR count). The van der Waals surface area contributed by atoms with Crippen LogP contribution in [0.1, 0.15) is 23.7 Å². The molecular formula is C31H32N5O5P. The molecule has 0 radical (unpaired) electrons. The molecule has 5 aromatic rings. The highest BCUT2D eigenvalue weighted by molar-refractivity contribution is 7.16. The molecule has 2 aromatic heterocycles. The second-order valence-electron chi connectivity index (χ2n) is 9.61. The van der Waals surface area contributed by atoms with Crippen LogP contribution >= 0.6 is 9.24 Å². The number of H-pyrrole nitrogens is 1. The molecule has 0 aliphatic carbocycles. The lowest BCUT2D eigenvalue weighted by atomic mass is 9.96. The molecule has 0 bridgehead atoms. The Morgan fingerprint density at radius 3 is 2.36 bits per heavy atom. The van der Waals surface area contributed by atoms with Gasteiger partial charge in [-0.15, -0.1) is 9.24 Å². The van der Waals surface area contributed by atoms with Gasteiger partial charge < -0.3 is 9.47 Å². The molecule has 0 spiro atoms. The van der Waals surface area contributed by atoms with Gasteiger partial charge in [-0.1, -0.05) is 53.7 Å². The van der Waals surface area contributed by atoms with E-state index in [0.29, 0.717) is 41.4 Å². The summed E-state index contributed by atoms with van der Waals surface area (Å²) in [4.78, 5) is 32.9. The van der Waals surface area contributed by atoms with E-state index in [0.717, 1.165) is 28.4 Å². The third kappa shape index (κ3) is 6.20. The summed E-state index contributed by atoms with van der Waals surface area (Å²) < 4.78 is 17.6. The number of hydrogen-bond donors (Lipinski definition) is 2. The molecule has 0 saturated heterocycles. The number of benzene rings is 3. The van der Waals surface area contributed by atoms with Gasteiger partial charge in [0, 0.05) is 17.5 Å². The monoisotopic (exact) mass is 585 g/mol. The van der Waals surface area contributed by atoms with Gasteiger partial charge in [0.25, 0.3) is 5.56 Å². The fraction of sp³-hybridized carbons (Fsp3) is 0.226. The lowest BCUT2D eigenvalue weighted by molar-refractivity contribution is 0.194. The molecule has 2 unspecified atom stereocenters. The summed E-state index contributed by atoms with van der Waals surface area (Å²) in [5.74, 6) is 0.433. The number of rotatable bonds is 11. The third-order valence-corrected chi connectivity index (χ3v) is 7.17. The summed E-state index contributed by atoms with van der Waals surface area (Å²) in [5, 5.41) is 6.87. The van der Waals surface area contributed by atoms with Crippen molar-refractivity contribution in [2.45, 2.75) is 26.0 Å². The standard InChI is InChI=1S/C31H32N5O5P/c1-19(32-2)40-23-14-12-22(13-15-23)36-29(37)26(27(16-17-42)33-30(36)39-3)18-20-8-10-21(11-9-20)24-6-4-5-7-25(24)28-34-31(38)41-35-28/h4-15,19,32H,16-18,42H2,1-3H3,(H,34,35,38). The molecule has 0 amide bonds. The smallest absolute Gasteiger partial charge is 0.439 e. The Kier molecular flexibility index (Phi) is 8.95. The Morgan fingerprint density at radius 1 is 1.02 bits per heavy atom. The topological polar surface area (TPSA) is 124 Å². The van der Waals surface area contributed by atoms with E-state index in [1.165, 1.54) is 11.7 Å². The van der Waals surface area contributed by atoms with Crippen LogP contribution in [-0.4, -0.2) is 46.2 Å². The van der Waals surface area contributed by atoms with Gasteiger partial charge in [0.2, 0.25) is 0 Å². The van der Waals surface area contributed by atoms with Crippen molar-refractivity contribution in [3.05, 3.63) is 111 Å². The number of nitrogens with zero attached hydrogens (tertiary/aromatic N) is 3. The Morgan fingerprint density at radius 2 is 1.74 bits per heavy atom. The maximum absolute atomic E-state index is 14.0. The molecule has 2 heterocycles. The summed E-state index contributed by atoms with van der Waals surface area (Å²) in [6, 6.07) is 23.1. The van der Waals surface area contributed by atoms with Crippen LogP contribution in [0.4, 0.5) is 0 Å². The van der Waals surface area contributed by atoms with E-state index in [4.69, 9.17) is 19.0 Å². The largest absolute Gasteiger partial charge is 0.476 e. The first-order valence-electron chi connectivity index (χ1n) is 13.5. The van der Waals surface area contributed by atoms with E-state index in [9.17, 15) is 9.59 Å². The molecule has 0 aliphatic heterocycles. The summed E-state index contributed by atoms with van der Waals surface area (Å²) in [5.41, 5.74) is 5.29. The SMILES string of the molecule is CNC(C)Oc1ccc(-n2c(OC)nc(CCP)c(Cc3ccc(-c4ccccc4-c4noc(=O)[nH]4)cc3)c2=O)cc1. The highest BCUT2D eigenvalue weighted by atomic mass is 31.0. The molecule has 2 N–H and O–H groups in total. The summed E-state index contributed by atoms with van der Waals surface area (Å²) in [6.45, 7) is 1.91. The van der Waals surface area contributed by atoms with Crippen molar-refractivity contribution in [2.75, 3.05) is 20.3 Å². The van der Waals surface area contributed by atoms with E-state index in [1.54, 1.807) is 0 Å². The van der Waals surface area contributed by atoms with Crippen LogP contribution in [0.5, 0.6) is 11.8 Å². The maximum Gasteiger partial charge on any atom is 0.439 e. The fourth-order valence-electron chi connectivity index (χ4n) is 4.69. The minimum Gasteiger partial charge on any atom is -0.476 e. The van der Waals surface area contributed by atoms with Crippen molar-refractivity contribution in [3.8, 4) is 40.0 Å². The van der Waals surface area contributed by atoms with E-state index < -0.39 is 5.76 Å². The maximum atomic E-state index is 14.0. The summed E-state index contributed by atoms with van der Waals surface area (Å²) in [7, 11) is 6.03. The van der Waals surface area contributed by atoms with Gasteiger partial charge in [0.1, 0.15) is 12.0 Å². The summed E-state index contributed by atoms with van der Waals surface area (Å²) >= 11 is 0. The number of aryl methyl sites for hydroxylation is 1. The van der Waals surface area contributed by atoms with E-state index >= 15 is 0 Å². The predicted octanol–water partition coefficient (Wildman–Crippen LogP) is 4.20. The van der Waals surface area contributed by atoms with E-state index in [2.05, 4.69) is 24.7 Å². The van der Waals surface area contributed by atoms with Gasteiger partial charge >= 0.3 is 11.8 Å². The highest BCUT2D eigenvalue weighted by Gasteiger charge is 2.19. The quantitative estimate of drug-likeness (QED) is 0.175. The molecule has 3 aromatic carbocycles. The minimum atomic E-state index is -0.608. The van der Waals surface area contributed by atoms with Crippen molar-refractivity contribution in [1.82, 2.24) is 25.0 Å². The van der Waals surface area contributed by atoms with Crippen LogP contribution in [-0.2, 0) is 12.8 Å². The normalized spacial score (nSPS) is 11.8. The third-order valence-electron chi connectivity index (χ3n) is 6.88.